The van der Waals surface area contributed by atoms with Crippen LogP contribution in [-0.2, 0) is 9.53 Å². The first kappa shape index (κ1) is 11.0. The van der Waals surface area contributed by atoms with Crippen LogP contribution in [0.15, 0.2) is 23.8 Å². The van der Waals surface area contributed by atoms with Crippen molar-refractivity contribution in [2.24, 2.45) is 11.3 Å². The summed E-state index contributed by atoms with van der Waals surface area (Å²) in [6, 6.07) is 0. The van der Waals surface area contributed by atoms with E-state index in [1.165, 1.54) is 7.11 Å². The van der Waals surface area contributed by atoms with Crippen molar-refractivity contribution in [1.82, 2.24) is 0 Å². The van der Waals surface area contributed by atoms with Gasteiger partial charge in [0, 0.05) is 0 Å². The van der Waals surface area contributed by atoms with Crippen LogP contribution in [0, 0.1) is 11.3 Å². The highest BCUT2D eigenvalue weighted by atomic mass is 16.5. The smallest absolute Gasteiger partial charge is 0.320 e. The lowest BCUT2D eigenvalue weighted by Gasteiger charge is -2.34. The Labute approximate surface area is 85.6 Å². The van der Waals surface area contributed by atoms with E-state index >= 15 is 0 Å². The number of ether oxygens (including phenoxy) is 1. The minimum Gasteiger partial charge on any atom is -0.468 e. The molecule has 0 radical (unpaired) electrons. The maximum Gasteiger partial charge on any atom is 0.320 e. The van der Waals surface area contributed by atoms with Gasteiger partial charge in [-0.2, -0.15) is 0 Å². The number of carbonyl (C=O) groups excluding carboxylic acids is 1. The van der Waals surface area contributed by atoms with Gasteiger partial charge < -0.3 is 4.74 Å². The molecule has 14 heavy (non-hydrogen) atoms. The number of hydrogen-bond donors (Lipinski definition) is 0. The van der Waals surface area contributed by atoms with Gasteiger partial charge in [0.1, 0.15) is 5.41 Å². The van der Waals surface area contributed by atoms with Crippen LogP contribution in [0.2, 0.25) is 0 Å². The molecule has 0 heterocycles. The second kappa shape index (κ2) is 3.99. The average molecular weight is 194 g/mol. The van der Waals surface area contributed by atoms with Crippen LogP contribution in [0.5, 0.6) is 0 Å². The summed E-state index contributed by atoms with van der Waals surface area (Å²) < 4.78 is 4.89. The molecule has 1 aliphatic rings. The molecule has 1 rings (SSSR count). The lowest BCUT2D eigenvalue weighted by molar-refractivity contribution is -0.149. The van der Waals surface area contributed by atoms with Crippen LogP contribution in [-0.4, -0.2) is 13.1 Å². The Bertz CT molecular complexity index is 287. The largest absolute Gasteiger partial charge is 0.468 e. The minimum atomic E-state index is -0.535. The van der Waals surface area contributed by atoms with Gasteiger partial charge in [0.2, 0.25) is 0 Å². The summed E-state index contributed by atoms with van der Waals surface area (Å²) >= 11 is 0. The third kappa shape index (κ3) is 1.49. The molecule has 0 unspecified atom stereocenters. The molecule has 0 N–H and O–H groups in total. The highest BCUT2D eigenvalue weighted by molar-refractivity contribution is 5.83. The Morgan fingerprint density at radius 3 is 2.64 bits per heavy atom. The third-order valence-corrected chi connectivity index (χ3v) is 3.03. The Balaban J connectivity index is 3.15. The highest BCUT2D eigenvalue weighted by Gasteiger charge is 2.42. The van der Waals surface area contributed by atoms with Gasteiger partial charge in [-0.3, -0.25) is 4.79 Å². The molecule has 0 aromatic rings. The highest BCUT2D eigenvalue weighted by Crippen LogP contribution is 2.40. The van der Waals surface area contributed by atoms with Crippen molar-refractivity contribution in [3.8, 4) is 0 Å². The number of methoxy groups -OCH3 is 1. The standard InChI is InChI=1S/C12H18O2/c1-9(2)12(11(13)14-4)8-6-5-7-10(12)3/h6-9H,5H2,1-4H3/t12-/m0/s1. The zero-order chi connectivity index (χ0) is 10.8. The van der Waals surface area contributed by atoms with Gasteiger partial charge >= 0.3 is 5.97 Å². The summed E-state index contributed by atoms with van der Waals surface area (Å²) in [4.78, 5) is 11.8. The number of allylic oxidation sites excluding steroid dienone is 2. The van der Waals surface area contributed by atoms with E-state index in [1.807, 2.05) is 32.9 Å². The predicted molar refractivity (Wildman–Crippen MR) is 56.8 cm³/mol. The molecule has 0 spiro atoms. The molecule has 1 atom stereocenters. The Morgan fingerprint density at radius 2 is 2.21 bits per heavy atom. The summed E-state index contributed by atoms with van der Waals surface area (Å²) in [5.41, 5.74) is 0.564. The monoisotopic (exact) mass is 194 g/mol. The molecule has 78 valence electrons. The first-order valence-corrected chi connectivity index (χ1v) is 4.99. The van der Waals surface area contributed by atoms with Gasteiger partial charge in [0.25, 0.3) is 0 Å². The van der Waals surface area contributed by atoms with E-state index in [0.717, 1.165) is 12.0 Å². The van der Waals surface area contributed by atoms with Crippen LogP contribution >= 0.6 is 0 Å². The average Bonchev–Trinajstić information content (AvgIpc) is 2.17. The summed E-state index contributed by atoms with van der Waals surface area (Å²) in [7, 11) is 1.45. The first-order chi connectivity index (χ1) is 6.55. The summed E-state index contributed by atoms with van der Waals surface area (Å²) in [6.45, 7) is 6.09. The second-order valence-electron chi connectivity index (χ2n) is 4.04. The van der Waals surface area contributed by atoms with Crippen molar-refractivity contribution in [3.05, 3.63) is 23.8 Å². The lowest BCUT2D eigenvalue weighted by Crippen LogP contribution is -2.37. The van der Waals surface area contributed by atoms with Crippen molar-refractivity contribution < 1.29 is 9.53 Å². The molecule has 0 saturated carbocycles. The molecule has 0 aromatic carbocycles. The second-order valence-corrected chi connectivity index (χ2v) is 4.04. The van der Waals surface area contributed by atoms with Crippen LogP contribution in [0.4, 0.5) is 0 Å². The van der Waals surface area contributed by atoms with E-state index < -0.39 is 5.41 Å². The van der Waals surface area contributed by atoms with Gasteiger partial charge in [-0.05, 0) is 19.3 Å². The molecule has 2 heteroatoms. The zero-order valence-electron chi connectivity index (χ0n) is 9.33. The van der Waals surface area contributed by atoms with Crippen molar-refractivity contribution in [2.45, 2.75) is 27.2 Å². The molecular formula is C12H18O2. The number of hydrogen-bond acceptors (Lipinski definition) is 2. The van der Waals surface area contributed by atoms with Gasteiger partial charge in [0.05, 0.1) is 7.11 Å². The maximum atomic E-state index is 11.8. The zero-order valence-corrected chi connectivity index (χ0v) is 9.33. The molecular weight excluding hydrogens is 176 g/mol. The third-order valence-electron chi connectivity index (χ3n) is 3.03. The summed E-state index contributed by atoms with van der Waals surface area (Å²) in [5, 5.41) is 0. The van der Waals surface area contributed by atoms with Gasteiger partial charge in [-0.15, -0.1) is 0 Å². The topological polar surface area (TPSA) is 26.3 Å². The normalized spacial score (nSPS) is 26.2. The lowest BCUT2D eigenvalue weighted by atomic mass is 9.69. The SMILES string of the molecule is COC(=O)[C@]1(C(C)C)C=CCC=C1C. The van der Waals surface area contributed by atoms with Crippen molar-refractivity contribution >= 4 is 5.97 Å². The van der Waals surface area contributed by atoms with E-state index in [1.54, 1.807) is 0 Å². The molecule has 0 amide bonds. The molecule has 2 nitrogen and oxygen atoms in total. The number of esters is 1. The molecule has 0 aliphatic heterocycles. The van der Waals surface area contributed by atoms with E-state index in [-0.39, 0.29) is 11.9 Å². The van der Waals surface area contributed by atoms with E-state index in [0.29, 0.717) is 0 Å². The van der Waals surface area contributed by atoms with Crippen LogP contribution in [0.3, 0.4) is 0 Å². The summed E-state index contributed by atoms with van der Waals surface area (Å²) in [5.74, 6) is 0.0694. The van der Waals surface area contributed by atoms with Crippen LogP contribution < -0.4 is 0 Å². The van der Waals surface area contributed by atoms with Gasteiger partial charge in [-0.1, -0.05) is 37.6 Å². The fourth-order valence-electron chi connectivity index (χ4n) is 2.08. The van der Waals surface area contributed by atoms with Gasteiger partial charge in [-0.25, -0.2) is 0 Å². The molecule has 0 aromatic heterocycles. The fourth-order valence-corrected chi connectivity index (χ4v) is 2.08. The van der Waals surface area contributed by atoms with Gasteiger partial charge in [0.15, 0.2) is 0 Å². The quantitative estimate of drug-likeness (QED) is 0.499. The fraction of sp³-hybridized carbons (Fsp3) is 0.583. The minimum absolute atomic E-state index is 0.155. The van der Waals surface area contributed by atoms with Crippen molar-refractivity contribution in [3.63, 3.8) is 0 Å². The molecule has 0 bridgehead atoms. The van der Waals surface area contributed by atoms with Crippen LogP contribution in [0.25, 0.3) is 0 Å². The maximum absolute atomic E-state index is 11.8. The number of rotatable bonds is 2. The Hall–Kier alpha value is -1.05. The van der Waals surface area contributed by atoms with E-state index in [9.17, 15) is 4.79 Å². The van der Waals surface area contributed by atoms with Crippen LogP contribution in [0.1, 0.15) is 27.2 Å². The van der Waals surface area contributed by atoms with Crippen molar-refractivity contribution in [2.75, 3.05) is 7.11 Å². The Kier molecular flexibility index (Phi) is 3.14. The van der Waals surface area contributed by atoms with E-state index in [2.05, 4.69) is 6.08 Å². The molecule has 1 aliphatic carbocycles. The first-order valence-electron chi connectivity index (χ1n) is 4.99. The molecule has 0 saturated heterocycles. The Morgan fingerprint density at radius 1 is 1.57 bits per heavy atom. The number of carbonyl (C=O) groups is 1. The van der Waals surface area contributed by atoms with E-state index in [4.69, 9.17) is 4.74 Å². The van der Waals surface area contributed by atoms with Crippen molar-refractivity contribution in [1.29, 1.82) is 0 Å². The summed E-state index contributed by atoms with van der Waals surface area (Å²) in [6.07, 6.45) is 7.02. The predicted octanol–water partition coefficient (Wildman–Crippen LogP) is 2.71. The molecule has 0 fully saturated rings.